The average Bonchev–Trinajstić information content (AvgIpc) is 2.62. The molecule has 0 spiro atoms. The standard InChI is InChI=1S/C10H10F2N4S/c1-16-9(13)14-15-10(16)17-5-6-4-7(11)2-3-8(6)12/h2-4H,5H2,1H3,(H2,13,14). The fourth-order valence-electron chi connectivity index (χ4n) is 1.25. The van der Waals surface area contributed by atoms with Gasteiger partial charge in [-0.3, -0.25) is 4.57 Å². The highest BCUT2D eigenvalue weighted by Crippen LogP contribution is 2.23. The Balaban J connectivity index is 2.12. The Kier molecular flexibility index (Phi) is 3.28. The van der Waals surface area contributed by atoms with Gasteiger partial charge in [0.15, 0.2) is 5.16 Å². The van der Waals surface area contributed by atoms with Crippen LogP contribution in [-0.4, -0.2) is 14.8 Å². The quantitative estimate of drug-likeness (QED) is 0.853. The van der Waals surface area contributed by atoms with Gasteiger partial charge in [0.05, 0.1) is 0 Å². The lowest BCUT2D eigenvalue weighted by Crippen LogP contribution is -1.98. The molecule has 7 heteroatoms. The van der Waals surface area contributed by atoms with E-state index in [1.54, 1.807) is 11.6 Å². The maximum absolute atomic E-state index is 13.3. The highest BCUT2D eigenvalue weighted by molar-refractivity contribution is 7.98. The Labute approximate surface area is 101 Å². The van der Waals surface area contributed by atoms with Crippen molar-refractivity contribution < 1.29 is 8.78 Å². The van der Waals surface area contributed by atoms with E-state index in [0.717, 1.165) is 12.1 Å². The van der Waals surface area contributed by atoms with Gasteiger partial charge in [-0.2, -0.15) is 0 Å². The number of nitrogens with zero attached hydrogens (tertiary/aromatic N) is 3. The highest BCUT2D eigenvalue weighted by atomic mass is 32.2. The molecule has 2 aromatic rings. The molecule has 0 aliphatic carbocycles. The van der Waals surface area contributed by atoms with Crippen molar-refractivity contribution in [3.8, 4) is 0 Å². The number of halogens is 2. The molecule has 0 bridgehead atoms. The van der Waals surface area contributed by atoms with Gasteiger partial charge in [-0.15, -0.1) is 10.2 Å². The summed E-state index contributed by atoms with van der Waals surface area (Å²) in [6.07, 6.45) is 0. The van der Waals surface area contributed by atoms with Crippen LogP contribution in [-0.2, 0) is 12.8 Å². The molecule has 0 fully saturated rings. The molecule has 0 amide bonds. The summed E-state index contributed by atoms with van der Waals surface area (Å²) in [5.74, 6) is -0.337. The summed E-state index contributed by atoms with van der Waals surface area (Å²) in [5.41, 5.74) is 5.79. The van der Waals surface area contributed by atoms with Gasteiger partial charge in [-0.1, -0.05) is 11.8 Å². The van der Waals surface area contributed by atoms with E-state index in [9.17, 15) is 8.78 Å². The Morgan fingerprint density at radius 2 is 2.12 bits per heavy atom. The summed E-state index contributed by atoms with van der Waals surface area (Å²) in [6, 6.07) is 3.36. The van der Waals surface area contributed by atoms with Gasteiger partial charge >= 0.3 is 0 Å². The highest BCUT2D eigenvalue weighted by Gasteiger charge is 2.09. The minimum absolute atomic E-state index is 0.273. The molecule has 2 N–H and O–H groups in total. The number of hydrogen-bond donors (Lipinski definition) is 1. The molecule has 17 heavy (non-hydrogen) atoms. The molecule has 1 aromatic heterocycles. The van der Waals surface area contributed by atoms with Crippen molar-refractivity contribution in [3.05, 3.63) is 35.4 Å². The second-order valence-corrected chi connectivity index (χ2v) is 4.37. The molecule has 0 unspecified atom stereocenters. The normalized spacial score (nSPS) is 10.8. The monoisotopic (exact) mass is 256 g/mol. The van der Waals surface area contributed by atoms with Crippen molar-refractivity contribution in [1.29, 1.82) is 0 Å². The molecule has 1 heterocycles. The van der Waals surface area contributed by atoms with Gasteiger partial charge in [0.2, 0.25) is 5.95 Å². The lowest BCUT2D eigenvalue weighted by Gasteiger charge is -2.03. The summed E-state index contributed by atoms with van der Waals surface area (Å²) in [7, 11) is 1.71. The number of thioether (sulfide) groups is 1. The topological polar surface area (TPSA) is 56.7 Å². The van der Waals surface area contributed by atoms with Crippen LogP contribution in [0.4, 0.5) is 14.7 Å². The zero-order valence-electron chi connectivity index (χ0n) is 9.02. The van der Waals surface area contributed by atoms with Crippen LogP contribution in [0.15, 0.2) is 23.4 Å². The summed E-state index contributed by atoms with van der Waals surface area (Å²) in [5, 5.41) is 8.05. The van der Waals surface area contributed by atoms with E-state index in [1.807, 2.05) is 0 Å². The number of hydrogen-bond acceptors (Lipinski definition) is 4. The number of rotatable bonds is 3. The zero-order chi connectivity index (χ0) is 12.4. The van der Waals surface area contributed by atoms with E-state index < -0.39 is 11.6 Å². The largest absolute Gasteiger partial charge is 0.368 e. The summed E-state index contributed by atoms with van der Waals surface area (Å²) in [4.78, 5) is 0. The van der Waals surface area contributed by atoms with Crippen LogP contribution in [0.3, 0.4) is 0 Å². The zero-order valence-corrected chi connectivity index (χ0v) is 9.84. The second kappa shape index (κ2) is 4.70. The van der Waals surface area contributed by atoms with Gasteiger partial charge < -0.3 is 5.73 Å². The first kappa shape index (κ1) is 11.8. The second-order valence-electron chi connectivity index (χ2n) is 3.42. The summed E-state index contributed by atoms with van der Waals surface area (Å²) < 4.78 is 27.8. The fourth-order valence-corrected chi connectivity index (χ4v) is 2.14. The minimum Gasteiger partial charge on any atom is -0.368 e. The molecule has 1 aromatic carbocycles. The molecule has 2 rings (SSSR count). The van der Waals surface area contributed by atoms with Crippen LogP contribution in [0.1, 0.15) is 5.56 Å². The average molecular weight is 256 g/mol. The van der Waals surface area contributed by atoms with Crippen LogP contribution in [0.5, 0.6) is 0 Å². The molecule has 0 aliphatic rings. The van der Waals surface area contributed by atoms with Crippen molar-refractivity contribution >= 4 is 17.7 Å². The van der Waals surface area contributed by atoms with Crippen LogP contribution < -0.4 is 5.73 Å². The third kappa shape index (κ3) is 2.55. The molecule has 4 nitrogen and oxygen atoms in total. The minimum atomic E-state index is -0.459. The van der Waals surface area contributed by atoms with E-state index >= 15 is 0 Å². The molecule has 0 radical (unpaired) electrons. The molecule has 0 atom stereocenters. The Bertz CT molecular complexity index is 541. The number of anilines is 1. The molecular formula is C10H10F2N4S. The predicted octanol–water partition coefficient (Wildman–Crippen LogP) is 1.97. The molecule has 0 saturated carbocycles. The smallest absolute Gasteiger partial charge is 0.222 e. The van der Waals surface area contributed by atoms with Crippen LogP contribution in [0, 0.1) is 11.6 Å². The van der Waals surface area contributed by atoms with Gasteiger partial charge in [0, 0.05) is 18.4 Å². The van der Waals surface area contributed by atoms with Crippen molar-refractivity contribution in [3.63, 3.8) is 0 Å². The number of benzene rings is 1. The lowest BCUT2D eigenvalue weighted by atomic mass is 10.2. The van der Waals surface area contributed by atoms with Crippen LogP contribution in [0.2, 0.25) is 0 Å². The van der Waals surface area contributed by atoms with Crippen molar-refractivity contribution in [1.82, 2.24) is 14.8 Å². The Morgan fingerprint density at radius 3 is 2.76 bits per heavy atom. The third-order valence-electron chi connectivity index (χ3n) is 2.23. The Hall–Kier alpha value is -1.63. The third-order valence-corrected chi connectivity index (χ3v) is 3.30. The SMILES string of the molecule is Cn1c(N)nnc1SCc1cc(F)ccc1F. The van der Waals surface area contributed by atoms with Gasteiger partial charge in [0.25, 0.3) is 0 Å². The van der Waals surface area contributed by atoms with Crippen molar-refractivity contribution in [2.45, 2.75) is 10.9 Å². The molecule has 0 aliphatic heterocycles. The van der Waals surface area contributed by atoms with E-state index in [1.165, 1.54) is 17.8 Å². The molecule has 90 valence electrons. The first-order valence-corrected chi connectivity index (χ1v) is 5.78. The van der Waals surface area contributed by atoms with Crippen molar-refractivity contribution in [2.24, 2.45) is 7.05 Å². The maximum atomic E-state index is 13.3. The fraction of sp³-hybridized carbons (Fsp3) is 0.200. The van der Waals surface area contributed by atoms with E-state index in [4.69, 9.17) is 5.73 Å². The number of nitrogens with two attached hydrogens (primary N) is 1. The first-order chi connectivity index (χ1) is 8.08. The Morgan fingerprint density at radius 1 is 1.35 bits per heavy atom. The van der Waals surface area contributed by atoms with Crippen molar-refractivity contribution in [2.75, 3.05) is 5.73 Å². The summed E-state index contributed by atoms with van der Waals surface area (Å²) in [6.45, 7) is 0. The number of aromatic nitrogens is 3. The van der Waals surface area contributed by atoms with Gasteiger partial charge in [-0.05, 0) is 18.2 Å². The number of nitrogen functional groups attached to an aromatic ring is 1. The van der Waals surface area contributed by atoms with Crippen LogP contribution >= 0.6 is 11.8 Å². The molecule has 0 saturated heterocycles. The predicted molar refractivity (Wildman–Crippen MR) is 61.3 cm³/mol. The van der Waals surface area contributed by atoms with Crippen LogP contribution in [0.25, 0.3) is 0 Å². The maximum Gasteiger partial charge on any atom is 0.222 e. The van der Waals surface area contributed by atoms with E-state index in [2.05, 4.69) is 10.2 Å². The summed E-state index contributed by atoms with van der Waals surface area (Å²) >= 11 is 1.25. The van der Waals surface area contributed by atoms with Gasteiger partial charge in [0.1, 0.15) is 11.6 Å². The first-order valence-electron chi connectivity index (χ1n) is 4.79. The lowest BCUT2D eigenvalue weighted by molar-refractivity contribution is 0.591. The van der Waals surface area contributed by atoms with Gasteiger partial charge in [-0.25, -0.2) is 8.78 Å². The van der Waals surface area contributed by atoms with E-state index in [0.29, 0.717) is 5.16 Å². The van der Waals surface area contributed by atoms with E-state index in [-0.39, 0.29) is 17.3 Å². The molecular weight excluding hydrogens is 246 g/mol.